The Labute approximate surface area is 213 Å². The lowest BCUT2D eigenvalue weighted by Gasteiger charge is -2.27. The number of hydrogen-bond acceptors (Lipinski definition) is 10. The number of rotatable bonds is 16. The SMILES string of the molecule is CCCCNc1nc(Nc2ccc(C(=O)NCCOCCOCCN)cc2)nc(N2CCCCC2)n1. The molecule has 0 saturated carbocycles. The molecular formula is C25H40N8O3. The van der Waals surface area contributed by atoms with Gasteiger partial charge in [0, 0.05) is 44.0 Å². The monoisotopic (exact) mass is 500 g/mol. The fourth-order valence-electron chi connectivity index (χ4n) is 3.69. The molecular weight excluding hydrogens is 460 g/mol. The first kappa shape index (κ1) is 27.6. The summed E-state index contributed by atoms with van der Waals surface area (Å²) in [4.78, 5) is 28.5. The van der Waals surface area contributed by atoms with Crippen molar-refractivity contribution in [1.29, 1.82) is 0 Å². The largest absolute Gasteiger partial charge is 0.378 e. The summed E-state index contributed by atoms with van der Waals surface area (Å²) in [6.45, 7) is 7.71. The van der Waals surface area contributed by atoms with E-state index in [4.69, 9.17) is 15.2 Å². The van der Waals surface area contributed by atoms with Crippen LogP contribution < -0.4 is 26.6 Å². The van der Waals surface area contributed by atoms with Gasteiger partial charge in [0.2, 0.25) is 17.8 Å². The number of amides is 1. The highest BCUT2D eigenvalue weighted by Crippen LogP contribution is 2.21. The molecule has 5 N–H and O–H groups in total. The molecule has 0 spiro atoms. The number of anilines is 4. The average Bonchev–Trinajstić information content (AvgIpc) is 2.91. The van der Waals surface area contributed by atoms with Crippen molar-refractivity contribution >= 4 is 29.4 Å². The Morgan fingerprint density at radius 3 is 2.39 bits per heavy atom. The lowest BCUT2D eigenvalue weighted by atomic mass is 10.1. The predicted octanol–water partition coefficient (Wildman–Crippen LogP) is 2.54. The Balaban J connectivity index is 1.53. The smallest absolute Gasteiger partial charge is 0.251 e. The van der Waals surface area contributed by atoms with Gasteiger partial charge in [-0.05, 0) is 49.9 Å². The first-order valence-corrected chi connectivity index (χ1v) is 13.0. The van der Waals surface area contributed by atoms with Crippen molar-refractivity contribution in [2.24, 2.45) is 5.73 Å². The zero-order valence-corrected chi connectivity index (χ0v) is 21.3. The Bertz CT molecular complexity index is 907. The van der Waals surface area contributed by atoms with Gasteiger partial charge in [-0.3, -0.25) is 4.79 Å². The second-order valence-corrected chi connectivity index (χ2v) is 8.58. The van der Waals surface area contributed by atoms with E-state index < -0.39 is 0 Å². The molecule has 36 heavy (non-hydrogen) atoms. The summed E-state index contributed by atoms with van der Waals surface area (Å²) >= 11 is 0. The van der Waals surface area contributed by atoms with E-state index in [0.29, 0.717) is 62.9 Å². The van der Waals surface area contributed by atoms with E-state index in [1.165, 1.54) is 6.42 Å². The van der Waals surface area contributed by atoms with Crippen molar-refractivity contribution in [2.75, 3.05) is 74.7 Å². The van der Waals surface area contributed by atoms with Crippen molar-refractivity contribution in [3.63, 3.8) is 0 Å². The number of nitrogens with zero attached hydrogens (tertiary/aromatic N) is 4. The summed E-state index contributed by atoms with van der Waals surface area (Å²) < 4.78 is 10.7. The van der Waals surface area contributed by atoms with E-state index in [1.807, 2.05) is 12.1 Å². The zero-order valence-electron chi connectivity index (χ0n) is 21.3. The van der Waals surface area contributed by atoms with Crippen molar-refractivity contribution < 1.29 is 14.3 Å². The molecule has 0 radical (unpaired) electrons. The summed E-state index contributed by atoms with van der Waals surface area (Å²) in [5.74, 6) is 1.59. The molecule has 0 bridgehead atoms. The molecule has 0 aliphatic carbocycles. The fourth-order valence-corrected chi connectivity index (χ4v) is 3.69. The van der Waals surface area contributed by atoms with Crippen molar-refractivity contribution in [2.45, 2.75) is 39.0 Å². The van der Waals surface area contributed by atoms with Gasteiger partial charge in [0.25, 0.3) is 5.91 Å². The maximum Gasteiger partial charge on any atom is 0.251 e. The minimum atomic E-state index is -0.153. The molecule has 0 atom stereocenters. The molecule has 1 aromatic heterocycles. The molecule has 2 aromatic rings. The van der Waals surface area contributed by atoms with Crippen molar-refractivity contribution in [1.82, 2.24) is 20.3 Å². The number of ether oxygens (including phenoxy) is 2. The van der Waals surface area contributed by atoms with E-state index in [-0.39, 0.29) is 5.91 Å². The second kappa shape index (κ2) is 15.9. The van der Waals surface area contributed by atoms with Gasteiger partial charge in [-0.1, -0.05) is 13.3 Å². The van der Waals surface area contributed by atoms with Gasteiger partial charge in [0.05, 0.1) is 26.4 Å². The van der Waals surface area contributed by atoms with Gasteiger partial charge in [0.1, 0.15) is 0 Å². The molecule has 198 valence electrons. The lowest BCUT2D eigenvalue weighted by molar-refractivity contribution is 0.0511. The maximum absolute atomic E-state index is 12.4. The molecule has 2 heterocycles. The molecule has 11 nitrogen and oxygen atoms in total. The maximum atomic E-state index is 12.4. The van der Waals surface area contributed by atoms with Crippen LogP contribution in [0.1, 0.15) is 49.4 Å². The van der Waals surface area contributed by atoms with E-state index in [9.17, 15) is 4.79 Å². The number of carbonyl (C=O) groups excluding carboxylic acids is 1. The van der Waals surface area contributed by atoms with Crippen LogP contribution in [0.5, 0.6) is 0 Å². The van der Waals surface area contributed by atoms with Crippen LogP contribution >= 0.6 is 0 Å². The third-order valence-electron chi connectivity index (χ3n) is 5.65. The predicted molar refractivity (Wildman–Crippen MR) is 142 cm³/mol. The molecule has 3 rings (SSSR count). The Hall–Kier alpha value is -3.02. The van der Waals surface area contributed by atoms with Crippen LogP contribution in [-0.4, -0.2) is 80.0 Å². The van der Waals surface area contributed by atoms with Crippen LogP contribution in [0.3, 0.4) is 0 Å². The molecule has 1 aromatic carbocycles. The average molecular weight is 501 g/mol. The highest BCUT2D eigenvalue weighted by molar-refractivity contribution is 5.94. The molecule has 1 fully saturated rings. The number of piperidine rings is 1. The first-order valence-electron chi connectivity index (χ1n) is 13.0. The highest BCUT2D eigenvalue weighted by Gasteiger charge is 2.16. The first-order chi connectivity index (χ1) is 17.7. The fraction of sp³-hybridized carbons (Fsp3) is 0.600. The summed E-state index contributed by atoms with van der Waals surface area (Å²) in [5.41, 5.74) is 6.72. The minimum Gasteiger partial charge on any atom is -0.378 e. The van der Waals surface area contributed by atoms with Crippen molar-refractivity contribution in [3.8, 4) is 0 Å². The molecule has 1 aliphatic heterocycles. The number of benzene rings is 1. The molecule has 1 amide bonds. The number of unbranched alkanes of at least 4 members (excludes halogenated alkanes) is 1. The van der Waals surface area contributed by atoms with E-state index in [1.54, 1.807) is 12.1 Å². The summed E-state index contributed by atoms with van der Waals surface area (Å²) in [6, 6.07) is 7.22. The molecule has 1 saturated heterocycles. The van der Waals surface area contributed by atoms with E-state index in [2.05, 4.69) is 42.7 Å². The van der Waals surface area contributed by atoms with Gasteiger partial charge in [-0.15, -0.1) is 0 Å². The quantitative estimate of drug-likeness (QED) is 0.254. The summed E-state index contributed by atoms with van der Waals surface area (Å²) in [7, 11) is 0. The standard InChI is InChI=1S/C25H40N8O3/c1-2-3-12-28-23-30-24(32-25(31-23)33-14-5-4-6-15-33)29-21-9-7-20(8-10-21)22(34)27-13-17-36-19-18-35-16-11-26/h7-10H,2-6,11-19,26H2,1H3,(H,27,34)(H2,28,29,30,31,32). The number of aromatic nitrogens is 3. The number of hydrogen-bond donors (Lipinski definition) is 4. The van der Waals surface area contributed by atoms with Crippen LogP contribution in [0.25, 0.3) is 0 Å². The Kier molecular flexibility index (Phi) is 12.2. The van der Waals surface area contributed by atoms with Crippen LogP contribution in [0.15, 0.2) is 24.3 Å². The number of nitrogens with one attached hydrogen (secondary N) is 3. The minimum absolute atomic E-state index is 0.153. The van der Waals surface area contributed by atoms with Gasteiger partial charge in [0.15, 0.2) is 0 Å². The Morgan fingerprint density at radius 2 is 1.67 bits per heavy atom. The van der Waals surface area contributed by atoms with Gasteiger partial charge in [-0.2, -0.15) is 15.0 Å². The zero-order chi connectivity index (χ0) is 25.4. The van der Waals surface area contributed by atoms with Crippen LogP contribution in [-0.2, 0) is 9.47 Å². The molecule has 11 heteroatoms. The number of nitrogens with two attached hydrogens (primary N) is 1. The van der Waals surface area contributed by atoms with Crippen LogP contribution in [0, 0.1) is 0 Å². The van der Waals surface area contributed by atoms with Crippen LogP contribution in [0.4, 0.5) is 23.5 Å². The van der Waals surface area contributed by atoms with Crippen molar-refractivity contribution in [3.05, 3.63) is 29.8 Å². The summed E-state index contributed by atoms with van der Waals surface area (Å²) in [5, 5.41) is 9.43. The van der Waals surface area contributed by atoms with E-state index >= 15 is 0 Å². The van der Waals surface area contributed by atoms with Crippen LogP contribution in [0.2, 0.25) is 0 Å². The number of carbonyl (C=O) groups is 1. The summed E-state index contributed by atoms with van der Waals surface area (Å²) in [6.07, 6.45) is 5.68. The van der Waals surface area contributed by atoms with E-state index in [0.717, 1.165) is 51.0 Å². The molecule has 0 unspecified atom stereocenters. The van der Waals surface area contributed by atoms with Gasteiger partial charge in [-0.25, -0.2) is 0 Å². The normalized spacial score (nSPS) is 13.4. The van der Waals surface area contributed by atoms with Gasteiger partial charge < -0.3 is 36.1 Å². The lowest BCUT2D eigenvalue weighted by Crippen LogP contribution is -2.31. The topological polar surface area (TPSA) is 140 Å². The van der Waals surface area contributed by atoms with Gasteiger partial charge >= 0.3 is 0 Å². The second-order valence-electron chi connectivity index (χ2n) is 8.58. The third-order valence-corrected chi connectivity index (χ3v) is 5.65. The molecule has 1 aliphatic rings. The Morgan fingerprint density at radius 1 is 0.944 bits per heavy atom. The third kappa shape index (κ3) is 9.56. The highest BCUT2D eigenvalue weighted by atomic mass is 16.5.